The molecule has 0 aromatic rings. The summed E-state index contributed by atoms with van der Waals surface area (Å²) in [4.78, 5) is 1.93. The van der Waals surface area contributed by atoms with E-state index in [1.54, 1.807) is 0 Å². The van der Waals surface area contributed by atoms with Crippen LogP contribution in [0.4, 0.5) is 0 Å². The molecule has 0 aliphatic rings. The first-order chi connectivity index (χ1) is 8.13. The predicted octanol–water partition coefficient (Wildman–Crippen LogP) is -3.46. The van der Waals surface area contributed by atoms with Crippen LogP contribution in [0.3, 0.4) is 0 Å². The van der Waals surface area contributed by atoms with E-state index in [-0.39, 0.29) is 13.2 Å². The summed E-state index contributed by atoms with van der Waals surface area (Å²) in [6.07, 6.45) is -1.51. The molecular formula is C10H25N3O4. The molecule has 7 N–H and O–H groups in total. The van der Waals surface area contributed by atoms with E-state index in [4.69, 9.17) is 21.1 Å². The van der Waals surface area contributed by atoms with Crippen molar-refractivity contribution in [1.82, 2.24) is 10.2 Å². The van der Waals surface area contributed by atoms with Crippen molar-refractivity contribution in [3.05, 3.63) is 0 Å². The van der Waals surface area contributed by atoms with E-state index in [9.17, 15) is 5.11 Å². The van der Waals surface area contributed by atoms with Crippen LogP contribution in [0, 0.1) is 0 Å². The summed E-state index contributed by atoms with van der Waals surface area (Å²) in [5.74, 6) is 0. The smallest absolute Gasteiger partial charge is 0.0897 e. The maximum Gasteiger partial charge on any atom is 0.0897 e. The maximum absolute atomic E-state index is 9.31. The van der Waals surface area contributed by atoms with Crippen LogP contribution >= 0.6 is 0 Å². The molecule has 0 amide bonds. The Balaban J connectivity index is 3.69. The third-order valence-corrected chi connectivity index (χ3v) is 2.32. The minimum Gasteiger partial charge on any atom is -0.394 e. The molecule has 17 heavy (non-hydrogen) atoms. The first-order valence-corrected chi connectivity index (χ1v) is 5.85. The monoisotopic (exact) mass is 251 g/mol. The van der Waals surface area contributed by atoms with Gasteiger partial charge >= 0.3 is 0 Å². The fraction of sp³-hybridized carbons (Fsp3) is 1.00. The molecule has 7 nitrogen and oxygen atoms in total. The Bertz CT molecular complexity index is 174. The number of nitrogens with two attached hydrogens (primary N) is 1. The molecule has 0 rings (SSSR count). The molecule has 2 atom stereocenters. The average Bonchev–Trinajstić information content (AvgIpc) is 2.34. The molecule has 0 aliphatic heterocycles. The minimum absolute atomic E-state index is 0.261. The highest BCUT2D eigenvalue weighted by molar-refractivity contribution is 4.66. The number of hydrogen-bond donors (Lipinski definition) is 6. The molecule has 0 fully saturated rings. The van der Waals surface area contributed by atoms with Gasteiger partial charge in [-0.05, 0) is 0 Å². The number of aliphatic hydroxyl groups is 4. The summed E-state index contributed by atoms with van der Waals surface area (Å²) in [5.41, 5.74) is 5.44. The molecule has 0 aliphatic carbocycles. The molecule has 2 unspecified atom stereocenters. The lowest BCUT2D eigenvalue weighted by Gasteiger charge is -2.24. The van der Waals surface area contributed by atoms with Crippen molar-refractivity contribution in [3.63, 3.8) is 0 Å². The Morgan fingerprint density at radius 1 is 1.06 bits per heavy atom. The second kappa shape index (κ2) is 10.8. The first-order valence-electron chi connectivity index (χ1n) is 5.85. The third kappa shape index (κ3) is 9.42. The van der Waals surface area contributed by atoms with E-state index in [1.807, 2.05) is 4.90 Å². The quantitative estimate of drug-likeness (QED) is 0.211. The van der Waals surface area contributed by atoms with Crippen LogP contribution in [0.15, 0.2) is 0 Å². The fourth-order valence-corrected chi connectivity index (χ4v) is 1.40. The molecular weight excluding hydrogens is 226 g/mol. The van der Waals surface area contributed by atoms with Crippen LogP contribution < -0.4 is 11.1 Å². The molecule has 0 aromatic heterocycles. The second-order valence-electron chi connectivity index (χ2n) is 3.97. The summed E-state index contributed by atoms with van der Waals surface area (Å²) in [6, 6.07) is 0. The van der Waals surface area contributed by atoms with Gasteiger partial charge in [-0.25, -0.2) is 0 Å². The molecule has 0 aromatic carbocycles. The van der Waals surface area contributed by atoms with Gasteiger partial charge in [-0.1, -0.05) is 0 Å². The zero-order valence-corrected chi connectivity index (χ0v) is 10.1. The van der Waals surface area contributed by atoms with Crippen LogP contribution in [0.25, 0.3) is 0 Å². The van der Waals surface area contributed by atoms with E-state index in [2.05, 4.69) is 5.32 Å². The largest absolute Gasteiger partial charge is 0.394 e. The van der Waals surface area contributed by atoms with Gasteiger partial charge in [0.05, 0.1) is 25.4 Å². The van der Waals surface area contributed by atoms with E-state index in [1.165, 1.54) is 0 Å². The van der Waals surface area contributed by atoms with Crippen LogP contribution in [0.1, 0.15) is 0 Å². The molecule has 0 bridgehead atoms. The van der Waals surface area contributed by atoms with Gasteiger partial charge in [0.15, 0.2) is 0 Å². The molecule has 0 heterocycles. The van der Waals surface area contributed by atoms with Gasteiger partial charge in [-0.3, -0.25) is 4.90 Å². The van der Waals surface area contributed by atoms with Crippen molar-refractivity contribution in [2.24, 2.45) is 5.73 Å². The molecule has 0 saturated heterocycles. The number of rotatable bonds is 11. The Morgan fingerprint density at radius 2 is 1.71 bits per heavy atom. The van der Waals surface area contributed by atoms with E-state index in [0.717, 1.165) is 0 Å². The summed E-state index contributed by atoms with van der Waals surface area (Å²) >= 11 is 0. The van der Waals surface area contributed by atoms with Crippen molar-refractivity contribution in [1.29, 1.82) is 0 Å². The zero-order valence-electron chi connectivity index (χ0n) is 10.1. The Morgan fingerprint density at radius 3 is 2.24 bits per heavy atom. The Kier molecular flexibility index (Phi) is 10.7. The van der Waals surface area contributed by atoms with Crippen molar-refractivity contribution >= 4 is 0 Å². The Hall–Kier alpha value is -0.280. The van der Waals surface area contributed by atoms with Crippen molar-refractivity contribution in [2.45, 2.75) is 12.2 Å². The highest BCUT2D eigenvalue weighted by Gasteiger charge is 2.10. The van der Waals surface area contributed by atoms with Crippen LogP contribution in [0.2, 0.25) is 0 Å². The number of hydrogen-bond acceptors (Lipinski definition) is 7. The van der Waals surface area contributed by atoms with E-state index in [0.29, 0.717) is 39.3 Å². The lowest BCUT2D eigenvalue weighted by atomic mass is 10.3. The van der Waals surface area contributed by atoms with E-state index < -0.39 is 12.2 Å². The highest BCUT2D eigenvalue weighted by Crippen LogP contribution is 1.91. The summed E-state index contributed by atoms with van der Waals surface area (Å²) in [7, 11) is 0. The second-order valence-corrected chi connectivity index (χ2v) is 3.97. The SMILES string of the molecule is NCCN(CCNCC(O)CO)CC(O)CO. The van der Waals surface area contributed by atoms with Crippen LogP contribution in [0.5, 0.6) is 0 Å². The predicted molar refractivity (Wildman–Crippen MR) is 64.5 cm³/mol. The molecule has 104 valence electrons. The number of nitrogens with one attached hydrogen (secondary N) is 1. The summed E-state index contributed by atoms with van der Waals surface area (Å²) < 4.78 is 0. The average molecular weight is 251 g/mol. The van der Waals surface area contributed by atoms with Gasteiger partial charge in [-0.2, -0.15) is 0 Å². The van der Waals surface area contributed by atoms with Gasteiger partial charge in [-0.15, -0.1) is 0 Å². The first kappa shape index (κ1) is 16.7. The zero-order chi connectivity index (χ0) is 13.1. The minimum atomic E-state index is -0.760. The Labute approximate surface area is 102 Å². The highest BCUT2D eigenvalue weighted by atomic mass is 16.3. The van der Waals surface area contributed by atoms with Gasteiger partial charge in [0, 0.05) is 39.3 Å². The topological polar surface area (TPSA) is 122 Å². The van der Waals surface area contributed by atoms with Crippen LogP contribution in [-0.2, 0) is 0 Å². The fourth-order valence-electron chi connectivity index (χ4n) is 1.40. The third-order valence-electron chi connectivity index (χ3n) is 2.32. The molecule has 7 heteroatoms. The molecule has 0 saturated carbocycles. The summed E-state index contributed by atoms with van der Waals surface area (Å²) in [5, 5.41) is 38.7. The van der Waals surface area contributed by atoms with Crippen molar-refractivity contribution in [2.75, 3.05) is 52.5 Å². The van der Waals surface area contributed by atoms with Gasteiger partial charge in [0.1, 0.15) is 0 Å². The molecule has 0 spiro atoms. The van der Waals surface area contributed by atoms with Gasteiger partial charge in [0.25, 0.3) is 0 Å². The number of nitrogens with zero attached hydrogens (tertiary/aromatic N) is 1. The normalized spacial score (nSPS) is 15.2. The van der Waals surface area contributed by atoms with Crippen molar-refractivity contribution in [3.8, 4) is 0 Å². The van der Waals surface area contributed by atoms with Crippen molar-refractivity contribution < 1.29 is 20.4 Å². The molecule has 0 radical (unpaired) electrons. The van der Waals surface area contributed by atoms with Crippen LogP contribution in [-0.4, -0.2) is 90.0 Å². The lowest BCUT2D eigenvalue weighted by Crippen LogP contribution is -2.42. The van der Waals surface area contributed by atoms with E-state index >= 15 is 0 Å². The lowest BCUT2D eigenvalue weighted by molar-refractivity contribution is 0.0592. The van der Waals surface area contributed by atoms with Gasteiger partial charge < -0.3 is 31.5 Å². The number of aliphatic hydroxyl groups excluding tert-OH is 4. The maximum atomic E-state index is 9.31. The van der Waals surface area contributed by atoms with Gasteiger partial charge in [0.2, 0.25) is 0 Å². The standard InChI is InChI=1S/C10H25N3O4/c11-1-3-13(6-10(17)8-15)4-2-12-5-9(16)7-14/h9-10,12,14-17H,1-8,11H2. The summed E-state index contributed by atoms with van der Waals surface area (Å²) in [6.45, 7) is 2.58.